The summed E-state index contributed by atoms with van der Waals surface area (Å²) < 4.78 is 0. The third kappa shape index (κ3) is 5.36. The first-order valence-corrected chi connectivity index (χ1v) is 7.40. The SMILES string of the molecule is CCN(CC(/C(N)=N/O)c1ccccc1)C(C)CN(C)C. The number of likely N-dealkylation sites (N-methyl/N-ethyl adjacent to an activating group) is 2. The molecule has 2 unspecified atom stereocenters. The van der Waals surface area contributed by atoms with Crippen LogP contribution in [0.25, 0.3) is 0 Å². The highest BCUT2D eigenvalue weighted by atomic mass is 16.4. The number of hydrogen-bond donors (Lipinski definition) is 2. The molecule has 5 nitrogen and oxygen atoms in total. The fourth-order valence-electron chi connectivity index (χ4n) is 2.62. The van der Waals surface area contributed by atoms with Crippen molar-refractivity contribution in [2.75, 3.05) is 33.7 Å². The van der Waals surface area contributed by atoms with E-state index < -0.39 is 0 Å². The number of benzene rings is 1. The van der Waals surface area contributed by atoms with Crippen LogP contribution in [-0.4, -0.2) is 60.6 Å². The Kier molecular flexibility index (Phi) is 7.19. The van der Waals surface area contributed by atoms with Crippen LogP contribution in [0.1, 0.15) is 25.3 Å². The monoisotopic (exact) mass is 292 g/mol. The largest absolute Gasteiger partial charge is 0.409 e. The molecule has 0 aliphatic carbocycles. The third-order valence-corrected chi connectivity index (χ3v) is 3.75. The third-order valence-electron chi connectivity index (χ3n) is 3.75. The molecule has 0 aliphatic rings. The maximum absolute atomic E-state index is 9.07. The quantitative estimate of drug-likeness (QED) is 0.332. The summed E-state index contributed by atoms with van der Waals surface area (Å²) in [6, 6.07) is 10.4. The second kappa shape index (κ2) is 8.64. The van der Waals surface area contributed by atoms with Crippen LogP contribution in [0.5, 0.6) is 0 Å². The fourth-order valence-corrected chi connectivity index (χ4v) is 2.62. The Balaban J connectivity index is 2.90. The lowest BCUT2D eigenvalue weighted by Gasteiger charge is -2.32. The van der Waals surface area contributed by atoms with Gasteiger partial charge in [-0.15, -0.1) is 0 Å². The van der Waals surface area contributed by atoms with Crippen molar-refractivity contribution in [1.82, 2.24) is 9.80 Å². The molecule has 0 heterocycles. The summed E-state index contributed by atoms with van der Waals surface area (Å²) >= 11 is 0. The summed E-state index contributed by atoms with van der Waals surface area (Å²) in [6.07, 6.45) is 0. The van der Waals surface area contributed by atoms with Gasteiger partial charge in [0.25, 0.3) is 0 Å². The van der Waals surface area contributed by atoms with E-state index in [1.54, 1.807) is 0 Å². The maximum Gasteiger partial charge on any atom is 0.147 e. The molecule has 1 aromatic carbocycles. The van der Waals surface area contributed by atoms with E-state index in [2.05, 4.69) is 42.9 Å². The number of nitrogens with two attached hydrogens (primary N) is 1. The molecule has 0 fully saturated rings. The lowest BCUT2D eigenvalue weighted by atomic mass is 9.96. The molecule has 118 valence electrons. The number of rotatable bonds is 8. The molecule has 0 spiro atoms. The average molecular weight is 292 g/mol. The first-order chi connectivity index (χ1) is 9.99. The second-order valence-electron chi connectivity index (χ2n) is 5.69. The van der Waals surface area contributed by atoms with Crippen molar-refractivity contribution in [2.45, 2.75) is 25.8 Å². The van der Waals surface area contributed by atoms with Crippen LogP contribution in [0.3, 0.4) is 0 Å². The Labute approximate surface area is 128 Å². The highest BCUT2D eigenvalue weighted by Gasteiger charge is 2.22. The van der Waals surface area contributed by atoms with Gasteiger partial charge in [-0.05, 0) is 33.1 Å². The summed E-state index contributed by atoms with van der Waals surface area (Å²) in [5.41, 5.74) is 6.99. The zero-order valence-electron chi connectivity index (χ0n) is 13.5. The van der Waals surface area contributed by atoms with E-state index in [0.717, 1.165) is 25.2 Å². The lowest BCUT2D eigenvalue weighted by Crippen LogP contribution is -2.44. The molecule has 3 N–H and O–H groups in total. The summed E-state index contributed by atoms with van der Waals surface area (Å²) in [4.78, 5) is 4.53. The van der Waals surface area contributed by atoms with Crippen molar-refractivity contribution in [3.8, 4) is 0 Å². The van der Waals surface area contributed by atoms with Gasteiger partial charge in [-0.2, -0.15) is 0 Å². The van der Waals surface area contributed by atoms with Gasteiger partial charge >= 0.3 is 0 Å². The van der Waals surface area contributed by atoms with E-state index in [1.807, 2.05) is 30.3 Å². The number of oxime groups is 1. The van der Waals surface area contributed by atoms with Gasteiger partial charge in [0.2, 0.25) is 0 Å². The van der Waals surface area contributed by atoms with Crippen LogP contribution in [0.2, 0.25) is 0 Å². The van der Waals surface area contributed by atoms with E-state index in [9.17, 15) is 0 Å². The minimum atomic E-state index is -0.0965. The number of hydrogen-bond acceptors (Lipinski definition) is 4. The summed E-state index contributed by atoms with van der Waals surface area (Å²) in [6.45, 7) is 6.99. The van der Waals surface area contributed by atoms with Crippen LogP contribution < -0.4 is 5.73 Å². The first-order valence-electron chi connectivity index (χ1n) is 7.40. The molecule has 0 aliphatic heterocycles. The molecule has 0 radical (unpaired) electrons. The first kappa shape index (κ1) is 17.5. The van der Waals surface area contributed by atoms with Crippen LogP contribution >= 0.6 is 0 Å². The molecule has 0 saturated heterocycles. The Hall–Kier alpha value is -1.59. The van der Waals surface area contributed by atoms with Crippen molar-refractivity contribution < 1.29 is 5.21 Å². The predicted octanol–water partition coefficient (Wildman–Crippen LogP) is 1.79. The minimum absolute atomic E-state index is 0.0965. The van der Waals surface area contributed by atoms with Gasteiger partial charge in [-0.3, -0.25) is 4.90 Å². The number of nitrogens with zero attached hydrogens (tertiary/aromatic N) is 3. The van der Waals surface area contributed by atoms with Crippen molar-refractivity contribution >= 4 is 5.84 Å². The van der Waals surface area contributed by atoms with Gasteiger partial charge in [0, 0.05) is 19.1 Å². The second-order valence-corrected chi connectivity index (χ2v) is 5.69. The Morgan fingerprint density at radius 1 is 1.24 bits per heavy atom. The smallest absolute Gasteiger partial charge is 0.147 e. The Morgan fingerprint density at radius 3 is 2.33 bits per heavy atom. The molecule has 1 aromatic rings. The van der Waals surface area contributed by atoms with Crippen LogP contribution in [-0.2, 0) is 0 Å². The molecule has 21 heavy (non-hydrogen) atoms. The van der Waals surface area contributed by atoms with Crippen LogP contribution in [0, 0.1) is 0 Å². The van der Waals surface area contributed by atoms with E-state index in [4.69, 9.17) is 10.9 Å². The minimum Gasteiger partial charge on any atom is -0.409 e. The highest BCUT2D eigenvalue weighted by Crippen LogP contribution is 2.18. The molecule has 0 amide bonds. The highest BCUT2D eigenvalue weighted by molar-refractivity contribution is 5.87. The Morgan fingerprint density at radius 2 is 1.86 bits per heavy atom. The maximum atomic E-state index is 9.07. The van der Waals surface area contributed by atoms with Crippen molar-refractivity contribution in [1.29, 1.82) is 0 Å². The van der Waals surface area contributed by atoms with E-state index in [-0.39, 0.29) is 11.8 Å². The normalized spacial score (nSPS) is 15.4. The topological polar surface area (TPSA) is 65.1 Å². The van der Waals surface area contributed by atoms with Gasteiger partial charge in [0.1, 0.15) is 5.84 Å². The van der Waals surface area contributed by atoms with Crippen LogP contribution in [0.15, 0.2) is 35.5 Å². The van der Waals surface area contributed by atoms with E-state index in [0.29, 0.717) is 6.04 Å². The molecule has 0 bridgehead atoms. The van der Waals surface area contributed by atoms with Crippen LogP contribution in [0.4, 0.5) is 0 Å². The summed E-state index contributed by atoms with van der Waals surface area (Å²) in [5.74, 6) is 0.164. The molecule has 1 rings (SSSR count). The average Bonchev–Trinajstić information content (AvgIpc) is 2.47. The summed E-state index contributed by atoms with van der Waals surface area (Å²) in [5, 5.41) is 12.3. The molecule has 5 heteroatoms. The Bertz CT molecular complexity index is 433. The van der Waals surface area contributed by atoms with E-state index >= 15 is 0 Å². The fraction of sp³-hybridized carbons (Fsp3) is 0.562. The zero-order chi connectivity index (χ0) is 15.8. The molecular formula is C16H28N4O. The van der Waals surface area contributed by atoms with Gasteiger partial charge in [-0.25, -0.2) is 0 Å². The molecular weight excluding hydrogens is 264 g/mol. The number of amidine groups is 1. The predicted molar refractivity (Wildman–Crippen MR) is 87.9 cm³/mol. The standard InChI is InChI=1S/C16H28N4O/c1-5-20(13(2)11-19(3)4)12-15(16(17)18-21)14-9-7-6-8-10-14/h6-10,13,15,21H,5,11-12H2,1-4H3,(H2,17,18). The van der Waals surface area contributed by atoms with Crippen molar-refractivity contribution in [3.05, 3.63) is 35.9 Å². The molecule has 2 atom stereocenters. The molecule has 0 aromatic heterocycles. The van der Waals surface area contributed by atoms with Gasteiger partial charge in [-0.1, -0.05) is 42.4 Å². The van der Waals surface area contributed by atoms with Gasteiger partial charge in [0.15, 0.2) is 0 Å². The van der Waals surface area contributed by atoms with Crippen molar-refractivity contribution in [2.24, 2.45) is 10.9 Å². The van der Waals surface area contributed by atoms with E-state index in [1.165, 1.54) is 0 Å². The zero-order valence-corrected chi connectivity index (χ0v) is 13.5. The summed E-state index contributed by atoms with van der Waals surface area (Å²) in [7, 11) is 4.14. The van der Waals surface area contributed by atoms with Crippen molar-refractivity contribution in [3.63, 3.8) is 0 Å². The lowest BCUT2D eigenvalue weighted by molar-refractivity contribution is 0.179. The van der Waals surface area contributed by atoms with Gasteiger partial charge in [0.05, 0.1) is 5.92 Å². The van der Waals surface area contributed by atoms with Gasteiger partial charge < -0.3 is 15.8 Å². The molecule has 0 saturated carbocycles.